The minimum Gasteiger partial charge on any atom is -0.480 e. The second kappa shape index (κ2) is 6.59. The van der Waals surface area contributed by atoms with Crippen molar-refractivity contribution in [1.29, 1.82) is 0 Å². The SMILES string of the molecule is CCN(CC1CCN(CC(=O)O)CC1)C(C)=O. The fraction of sp³-hybridized carbons (Fsp3) is 0.833. The van der Waals surface area contributed by atoms with Gasteiger partial charge in [-0.15, -0.1) is 0 Å². The molecule has 5 nitrogen and oxygen atoms in total. The second-order valence-corrected chi connectivity index (χ2v) is 4.67. The predicted molar refractivity (Wildman–Crippen MR) is 64.7 cm³/mol. The Bertz CT molecular complexity index is 273. The molecule has 1 saturated heterocycles. The lowest BCUT2D eigenvalue weighted by Crippen LogP contribution is -2.41. The van der Waals surface area contributed by atoms with Gasteiger partial charge >= 0.3 is 5.97 Å². The first-order valence-corrected chi connectivity index (χ1v) is 6.22. The molecule has 0 aromatic carbocycles. The maximum absolute atomic E-state index is 11.3. The Labute approximate surface area is 102 Å². The predicted octanol–water partition coefficient (Wildman–Crippen LogP) is 0.651. The van der Waals surface area contributed by atoms with Gasteiger partial charge in [0, 0.05) is 20.0 Å². The molecule has 1 aliphatic rings. The molecule has 1 amide bonds. The third-order valence-electron chi connectivity index (χ3n) is 3.37. The first-order chi connectivity index (χ1) is 8.02. The molecular formula is C12H22N2O3. The Balaban J connectivity index is 2.31. The van der Waals surface area contributed by atoms with Crippen LogP contribution in [0.1, 0.15) is 26.7 Å². The summed E-state index contributed by atoms with van der Waals surface area (Å²) in [6, 6.07) is 0. The molecule has 0 bridgehead atoms. The van der Waals surface area contributed by atoms with E-state index in [9.17, 15) is 9.59 Å². The van der Waals surface area contributed by atoms with E-state index in [1.165, 1.54) is 0 Å². The summed E-state index contributed by atoms with van der Waals surface area (Å²) in [5, 5.41) is 8.69. The van der Waals surface area contributed by atoms with Crippen molar-refractivity contribution in [3.8, 4) is 0 Å². The van der Waals surface area contributed by atoms with E-state index in [1.807, 2.05) is 16.7 Å². The van der Waals surface area contributed by atoms with Gasteiger partial charge in [-0.05, 0) is 38.8 Å². The van der Waals surface area contributed by atoms with Crippen LogP contribution in [0, 0.1) is 5.92 Å². The Morgan fingerprint density at radius 1 is 1.35 bits per heavy atom. The van der Waals surface area contributed by atoms with E-state index >= 15 is 0 Å². The van der Waals surface area contributed by atoms with Gasteiger partial charge in [-0.3, -0.25) is 14.5 Å². The van der Waals surface area contributed by atoms with Crippen LogP contribution in [0.25, 0.3) is 0 Å². The highest BCUT2D eigenvalue weighted by Gasteiger charge is 2.22. The number of carbonyl (C=O) groups is 2. The monoisotopic (exact) mass is 242 g/mol. The lowest BCUT2D eigenvalue weighted by molar-refractivity contribution is -0.138. The molecule has 0 spiro atoms. The molecule has 0 radical (unpaired) electrons. The normalized spacial score (nSPS) is 18.0. The molecule has 17 heavy (non-hydrogen) atoms. The zero-order valence-electron chi connectivity index (χ0n) is 10.7. The topological polar surface area (TPSA) is 60.9 Å². The third kappa shape index (κ3) is 4.73. The van der Waals surface area contributed by atoms with Crippen LogP contribution in [0.3, 0.4) is 0 Å². The zero-order valence-corrected chi connectivity index (χ0v) is 10.7. The fourth-order valence-corrected chi connectivity index (χ4v) is 2.31. The number of hydrogen-bond acceptors (Lipinski definition) is 3. The molecule has 0 atom stereocenters. The summed E-state index contributed by atoms with van der Waals surface area (Å²) in [5.41, 5.74) is 0. The molecule has 0 unspecified atom stereocenters. The van der Waals surface area contributed by atoms with Gasteiger partial charge in [0.05, 0.1) is 6.54 Å². The van der Waals surface area contributed by atoms with E-state index in [0.717, 1.165) is 39.0 Å². The van der Waals surface area contributed by atoms with Gasteiger partial charge in [0.15, 0.2) is 0 Å². The molecule has 1 heterocycles. The summed E-state index contributed by atoms with van der Waals surface area (Å²) in [7, 11) is 0. The number of carboxylic acids is 1. The van der Waals surface area contributed by atoms with Gasteiger partial charge in [-0.25, -0.2) is 0 Å². The van der Waals surface area contributed by atoms with Gasteiger partial charge in [0.1, 0.15) is 0 Å². The molecule has 0 saturated carbocycles. The van der Waals surface area contributed by atoms with Gasteiger partial charge in [-0.1, -0.05) is 0 Å². The smallest absolute Gasteiger partial charge is 0.317 e. The lowest BCUT2D eigenvalue weighted by atomic mass is 9.96. The molecule has 5 heteroatoms. The quantitative estimate of drug-likeness (QED) is 0.769. The number of carbonyl (C=O) groups excluding carboxylic acids is 1. The van der Waals surface area contributed by atoms with Crippen LogP contribution >= 0.6 is 0 Å². The van der Waals surface area contributed by atoms with Crippen LogP contribution in [-0.2, 0) is 9.59 Å². The molecule has 98 valence electrons. The Kier molecular flexibility index (Phi) is 5.41. The summed E-state index contributed by atoms with van der Waals surface area (Å²) in [4.78, 5) is 25.7. The Morgan fingerprint density at radius 3 is 2.35 bits per heavy atom. The molecule has 0 aromatic rings. The molecule has 1 fully saturated rings. The van der Waals surface area contributed by atoms with Crippen molar-refractivity contribution in [2.24, 2.45) is 5.92 Å². The van der Waals surface area contributed by atoms with E-state index in [1.54, 1.807) is 6.92 Å². The van der Waals surface area contributed by atoms with Gasteiger partial charge in [0.25, 0.3) is 0 Å². The molecule has 1 rings (SSSR count). The lowest BCUT2D eigenvalue weighted by Gasteiger charge is -2.33. The van der Waals surface area contributed by atoms with Crippen LogP contribution < -0.4 is 0 Å². The van der Waals surface area contributed by atoms with Gasteiger partial charge in [-0.2, -0.15) is 0 Å². The highest BCUT2D eigenvalue weighted by atomic mass is 16.4. The Hall–Kier alpha value is -1.10. The number of hydrogen-bond donors (Lipinski definition) is 1. The van der Waals surface area contributed by atoms with E-state index < -0.39 is 5.97 Å². The zero-order chi connectivity index (χ0) is 12.8. The average molecular weight is 242 g/mol. The molecule has 0 aromatic heterocycles. The highest BCUT2D eigenvalue weighted by molar-refractivity contribution is 5.73. The minimum absolute atomic E-state index is 0.125. The maximum Gasteiger partial charge on any atom is 0.317 e. The van der Waals surface area contributed by atoms with E-state index in [4.69, 9.17) is 5.11 Å². The van der Waals surface area contributed by atoms with Crippen molar-refractivity contribution in [3.05, 3.63) is 0 Å². The van der Waals surface area contributed by atoms with Crippen molar-refractivity contribution < 1.29 is 14.7 Å². The largest absolute Gasteiger partial charge is 0.480 e. The van der Waals surface area contributed by atoms with Crippen molar-refractivity contribution in [1.82, 2.24) is 9.80 Å². The second-order valence-electron chi connectivity index (χ2n) is 4.67. The summed E-state index contributed by atoms with van der Waals surface area (Å²) in [6.07, 6.45) is 1.97. The molecular weight excluding hydrogens is 220 g/mol. The Morgan fingerprint density at radius 2 is 1.94 bits per heavy atom. The van der Waals surface area contributed by atoms with E-state index in [0.29, 0.717) is 5.92 Å². The minimum atomic E-state index is -0.762. The van der Waals surface area contributed by atoms with Gasteiger partial charge in [0.2, 0.25) is 5.91 Å². The van der Waals surface area contributed by atoms with Crippen LogP contribution in [0.15, 0.2) is 0 Å². The number of likely N-dealkylation sites (tertiary alicyclic amines) is 1. The summed E-state index contributed by atoms with van der Waals surface area (Å²) >= 11 is 0. The number of piperidine rings is 1. The number of carboxylic acid groups (broad SMARTS) is 1. The van der Waals surface area contributed by atoms with E-state index in [-0.39, 0.29) is 12.5 Å². The fourth-order valence-electron chi connectivity index (χ4n) is 2.31. The third-order valence-corrected chi connectivity index (χ3v) is 3.37. The number of amides is 1. The molecule has 0 aliphatic carbocycles. The molecule has 1 N–H and O–H groups in total. The molecule has 1 aliphatic heterocycles. The van der Waals surface area contributed by atoms with Crippen LogP contribution in [-0.4, -0.2) is 59.5 Å². The highest BCUT2D eigenvalue weighted by Crippen LogP contribution is 2.18. The standard InChI is InChI=1S/C12H22N2O3/c1-3-14(10(2)15)8-11-4-6-13(7-5-11)9-12(16)17/h11H,3-9H2,1-2H3,(H,16,17). The number of aliphatic carboxylic acids is 1. The first-order valence-electron chi connectivity index (χ1n) is 6.22. The summed E-state index contributed by atoms with van der Waals surface area (Å²) in [6.45, 7) is 6.94. The summed E-state index contributed by atoms with van der Waals surface area (Å²) in [5.74, 6) is -0.119. The summed E-state index contributed by atoms with van der Waals surface area (Å²) < 4.78 is 0. The van der Waals surface area contributed by atoms with Crippen LogP contribution in [0.2, 0.25) is 0 Å². The maximum atomic E-state index is 11.3. The average Bonchev–Trinajstić information content (AvgIpc) is 2.26. The van der Waals surface area contributed by atoms with Crippen molar-refractivity contribution in [2.45, 2.75) is 26.7 Å². The number of nitrogens with zero attached hydrogens (tertiary/aromatic N) is 2. The van der Waals surface area contributed by atoms with E-state index in [2.05, 4.69) is 0 Å². The van der Waals surface area contributed by atoms with Crippen LogP contribution in [0.4, 0.5) is 0 Å². The number of rotatable bonds is 5. The van der Waals surface area contributed by atoms with Crippen LogP contribution in [0.5, 0.6) is 0 Å². The van der Waals surface area contributed by atoms with Crippen molar-refractivity contribution in [2.75, 3.05) is 32.7 Å². The van der Waals surface area contributed by atoms with Crippen molar-refractivity contribution >= 4 is 11.9 Å². The van der Waals surface area contributed by atoms with Crippen molar-refractivity contribution in [3.63, 3.8) is 0 Å². The first kappa shape index (κ1) is 14.0. The van der Waals surface area contributed by atoms with Gasteiger partial charge < -0.3 is 10.0 Å².